The first-order valence-corrected chi connectivity index (χ1v) is 7.22. The van der Waals surface area contributed by atoms with E-state index in [0.717, 1.165) is 0 Å². The first-order valence-electron chi connectivity index (χ1n) is 5.40. The van der Waals surface area contributed by atoms with Crippen molar-refractivity contribution in [3.63, 3.8) is 0 Å². The third-order valence-electron chi connectivity index (χ3n) is 2.72. The van der Waals surface area contributed by atoms with Gasteiger partial charge in [-0.3, -0.25) is 0 Å². The summed E-state index contributed by atoms with van der Waals surface area (Å²) in [5.41, 5.74) is 0.272. The summed E-state index contributed by atoms with van der Waals surface area (Å²) in [6.45, 7) is 0.844. The summed E-state index contributed by atoms with van der Waals surface area (Å²) < 4.78 is 26.0. The zero-order valence-corrected chi connectivity index (χ0v) is 11.1. The number of halogens is 1. The van der Waals surface area contributed by atoms with Crippen LogP contribution < -0.4 is 0 Å². The number of benzene rings is 1. The topological polar surface area (TPSA) is 61.2 Å². The summed E-state index contributed by atoms with van der Waals surface area (Å²) >= 11 is 5.86. The van der Waals surface area contributed by atoms with Gasteiger partial charge in [-0.1, -0.05) is 23.8 Å². The summed E-state index contributed by atoms with van der Waals surface area (Å²) in [5.74, 6) is 0. The quantitative estimate of drug-likeness (QED) is 0.781. The molecule has 18 heavy (non-hydrogen) atoms. The first kappa shape index (κ1) is 13.1. The number of nitrogens with zero attached hydrogens (tertiary/aromatic N) is 2. The molecule has 0 saturated carbocycles. The van der Waals surface area contributed by atoms with E-state index in [1.54, 1.807) is 0 Å². The van der Waals surface area contributed by atoms with E-state index < -0.39 is 10.0 Å². The predicted molar refractivity (Wildman–Crippen MR) is 68.7 cm³/mol. The molecule has 0 spiro atoms. The third-order valence-corrected chi connectivity index (χ3v) is 4.89. The van der Waals surface area contributed by atoms with Gasteiger partial charge in [0.05, 0.1) is 15.5 Å². The normalized spacial score (nSPS) is 16.4. The van der Waals surface area contributed by atoms with Crippen molar-refractivity contribution in [2.24, 2.45) is 0 Å². The summed E-state index contributed by atoms with van der Waals surface area (Å²) in [6.07, 6.45) is 4.49. The Morgan fingerprint density at radius 2 is 2.11 bits per heavy atom. The molecule has 94 valence electrons. The molecule has 1 heterocycles. The average molecular weight is 283 g/mol. The second-order valence-corrected chi connectivity index (χ2v) is 6.22. The van der Waals surface area contributed by atoms with Crippen molar-refractivity contribution in [2.45, 2.75) is 11.3 Å². The molecule has 6 heteroatoms. The first-order chi connectivity index (χ1) is 8.55. The molecule has 0 aromatic heterocycles. The van der Waals surface area contributed by atoms with Crippen molar-refractivity contribution in [3.05, 3.63) is 40.9 Å². The standard InChI is InChI=1S/C12H11ClN2O2S/c13-12-8-11(5-4-10(12)9-14)18(16,17)15-6-2-1-3-7-15/h1-2,4-5,8H,3,6-7H2. The Bertz CT molecular complexity index is 632. The van der Waals surface area contributed by atoms with Crippen LogP contribution in [0.3, 0.4) is 0 Å². The Morgan fingerprint density at radius 3 is 2.67 bits per heavy atom. The smallest absolute Gasteiger partial charge is 0.207 e. The number of rotatable bonds is 2. The van der Waals surface area contributed by atoms with Crippen LogP contribution in [0.2, 0.25) is 5.02 Å². The van der Waals surface area contributed by atoms with Crippen LogP contribution in [0.15, 0.2) is 35.2 Å². The summed E-state index contributed by atoms with van der Waals surface area (Å²) in [4.78, 5) is 0.127. The van der Waals surface area contributed by atoms with E-state index in [1.807, 2.05) is 18.2 Å². The molecule has 0 bridgehead atoms. The minimum absolute atomic E-state index is 0.127. The van der Waals surface area contributed by atoms with E-state index in [4.69, 9.17) is 16.9 Å². The van der Waals surface area contributed by atoms with Gasteiger partial charge in [-0.25, -0.2) is 8.42 Å². The summed E-state index contributed by atoms with van der Waals surface area (Å²) in [7, 11) is -3.52. The highest BCUT2D eigenvalue weighted by molar-refractivity contribution is 7.89. The van der Waals surface area contributed by atoms with Crippen molar-refractivity contribution < 1.29 is 8.42 Å². The van der Waals surface area contributed by atoms with Gasteiger partial charge >= 0.3 is 0 Å². The van der Waals surface area contributed by atoms with E-state index >= 15 is 0 Å². The molecule has 0 radical (unpaired) electrons. The van der Waals surface area contributed by atoms with Gasteiger partial charge in [0.25, 0.3) is 0 Å². The molecular weight excluding hydrogens is 272 g/mol. The van der Waals surface area contributed by atoms with E-state index in [0.29, 0.717) is 19.5 Å². The van der Waals surface area contributed by atoms with Crippen LogP contribution in [0.25, 0.3) is 0 Å². The minimum atomic E-state index is -3.52. The van der Waals surface area contributed by atoms with E-state index in [1.165, 1.54) is 22.5 Å². The van der Waals surface area contributed by atoms with Gasteiger partial charge in [0.1, 0.15) is 6.07 Å². The van der Waals surface area contributed by atoms with Gasteiger partial charge in [0.2, 0.25) is 10.0 Å². The second-order valence-electron chi connectivity index (χ2n) is 3.88. The Kier molecular flexibility index (Phi) is 3.71. The zero-order valence-electron chi connectivity index (χ0n) is 9.51. The van der Waals surface area contributed by atoms with Crippen LogP contribution in [0.1, 0.15) is 12.0 Å². The van der Waals surface area contributed by atoms with Crippen LogP contribution in [0, 0.1) is 11.3 Å². The number of sulfonamides is 1. The van der Waals surface area contributed by atoms with E-state index in [9.17, 15) is 8.42 Å². The number of nitriles is 1. The molecular formula is C12H11ClN2O2S. The van der Waals surface area contributed by atoms with Crippen molar-refractivity contribution in [3.8, 4) is 6.07 Å². The van der Waals surface area contributed by atoms with Crippen LogP contribution in [-0.4, -0.2) is 25.8 Å². The highest BCUT2D eigenvalue weighted by Crippen LogP contribution is 2.23. The van der Waals surface area contributed by atoms with Crippen molar-refractivity contribution in [1.82, 2.24) is 4.31 Å². The lowest BCUT2D eigenvalue weighted by atomic mass is 10.2. The Morgan fingerprint density at radius 1 is 1.33 bits per heavy atom. The summed E-state index contributed by atoms with van der Waals surface area (Å²) in [5, 5.41) is 8.92. The molecule has 0 amide bonds. The highest BCUT2D eigenvalue weighted by atomic mass is 35.5. The maximum atomic E-state index is 12.3. The molecule has 0 fully saturated rings. The van der Waals surface area contributed by atoms with E-state index in [-0.39, 0.29) is 15.5 Å². The van der Waals surface area contributed by atoms with Gasteiger partial charge in [0.15, 0.2) is 0 Å². The number of hydrogen-bond donors (Lipinski definition) is 0. The fourth-order valence-electron chi connectivity index (χ4n) is 1.73. The van der Waals surface area contributed by atoms with Crippen LogP contribution >= 0.6 is 11.6 Å². The second kappa shape index (κ2) is 5.11. The molecule has 2 rings (SSSR count). The molecule has 0 aliphatic carbocycles. The van der Waals surface area contributed by atoms with Crippen LogP contribution in [-0.2, 0) is 10.0 Å². The minimum Gasteiger partial charge on any atom is -0.207 e. The van der Waals surface area contributed by atoms with Crippen LogP contribution in [0.4, 0.5) is 0 Å². The molecule has 1 aliphatic heterocycles. The molecule has 1 aliphatic rings. The monoisotopic (exact) mass is 282 g/mol. The zero-order chi connectivity index (χ0) is 13.2. The molecule has 1 aromatic rings. The lowest BCUT2D eigenvalue weighted by Crippen LogP contribution is -2.33. The van der Waals surface area contributed by atoms with Gasteiger partial charge < -0.3 is 0 Å². The van der Waals surface area contributed by atoms with Gasteiger partial charge in [0, 0.05) is 13.1 Å². The van der Waals surface area contributed by atoms with Gasteiger partial charge in [-0.2, -0.15) is 9.57 Å². The SMILES string of the molecule is N#Cc1ccc(S(=O)(=O)N2CC=CCC2)cc1Cl. The summed E-state index contributed by atoms with van der Waals surface area (Å²) in [6, 6.07) is 6.07. The fraction of sp³-hybridized carbons (Fsp3) is 0.250. The van der Waals surface area contributed by atoms with Crippen molar-refractivity contribution >= 4 is 21.6 Å². The maximum Gasteiger partial charge on any atom is 0.243 e. The van der Waals surface area contributed by atoms with Gasteiger partial charge in [-0.05, 0) is 24.6 Å². The Balaban J connectivity index is 2.39. The molecule has 0 unspecified atom stereocenters. The van der Waals surface area contributed by atoms with Crippen molar-refractivity contribution in [1.29, 1.82) is 5.26 Å². The molecule has 0 atom stereocenters. The largest absolute Gasteiger partial charge is 0.243 e. The number of hydrogen-bond acceptors (Lipinski definition) is 3. The average Bonchev–Trinajstić information content (AvgIpc) is 2.39. The lowest BCUT2D eigenvalue weighted by Gasteiger charge is -2.22. The lowest BCUT2D eigenvalue weighted by molar-refractivity contribution is 0.437. The van der Waals surface area contributed by atoms with Crippen LogP contribution in [0.5, 0.6) is 0 Å². The molecule has 4 nitrogen and oxygen atoms in total. The molecule has 0 N–H and O–H groups in total. The molecule has 0 saturated heterocycles. The predicted octanol–water partition coefficient (Wildman–Crippen LogP) is 2.16. The highest BCUT2D eigenvalue weighted by Gasteiger charge is 2.24. The molecule has 1 aromatic carbocycles. The maximum absolute atomic E-state index is 12.3. The Hall–Kier alpha value is -1.35. The third kappa shape index (κ3) is 2.41. The van der Waals surface area contributed by atoms with Gasteiger partial charge in [-0.15, -0.1) is 0 Å². The Labute approximate surface area is 111 Å². The fourth-order valence-corrected chi connectivity index (χ4v) is 3.45. The van der Waals surface area contributed by atoms with E-state index in [2.05, 4.69) is 0 Å². The van der Waals surface area contributed by atoms with Crippen molar-refractivity contribution in [2.75, 3.05) is 13.1 Å².